The van der Waals surface area contributed by atoms with Crippen molar-refractivity contribution in [2.75, 3.05) is 5.73 Å². The topological polar surface area (TPSA) is 60.2 Å². The van der Waals surface area contributed by atoms with E-state index in [-0.39, 0.29) is 8.47 Å². The number of hydrogen-bond acceptors (Lipinski definition) is 3. The van der Waals surface area contributed by atoms with Crippen LogP contribution in [0.15, 0.2) is 23.1 Å². The number of nitrogens with two attached hydrogens (primary N) is 1. The molecule has 1 rings (SSSR count). The van der Waals surface area contributed by atoms with Gasteiger partial charge in [0.1, 0.15) is 4.90 Å². The fourth-order valence-corrected chi connectivity index (χ4v) is 2.57. The number of hydrogen-bond donors (Lipinski definition) is 1. The second-order valence-corrected chi connectivity index (χ2v) is 4.61. The molecule has 1 aromatic rings. The van der Waals surface area contributed by atoms with E-state index in [4.69, 9.17) is 5.73 Å². The Bertz CT molecular complexity index is 404. The van der Waals surface area contributed by atoms with Crippen LogP contribution < -0.4 is 5.73 Å². The minimum atomic E-state index is -4.61. The molecule has 1 aromatic carbocycles. The molecule has 66 valence electrons. The Hall–Kier alpha value is -0.370. The molecule has 0 aliphatic heterocycles. The highest BCUT2D eigenvalue weighted by Crippen LogP contribution is 2.21. The molecule has 6 heteroatoms. The molecule has 2 N–H and O–H groups in total. The fraction of sp³-hybridized carbons (Fsp3) is 0. The SMILES string of the molecule is Nc1ccc(S(=O)(=O)F)c(I)c1. The molecular weight excluding hydrogens is 296 g/mol. The Morgan fingerprint density at radius 3 is 2.42 bits per heavy atom. The van der Waals surface area contributed by atoms with Crippen LogP contribution in [-0.2, 0) is 10.2 Å². The summed E-state index contributed by atoms with van der Waals surface area (Å²) in [6, 6.07) is 3.88. The van der Waals surface area contributed by atoms with E-state index in [0.717, 1.165) is 6.07 Å². The zero-order chi connectivity index (χ0) is 9.35. The largest absolute Gasteiger partial charge is 0.399 e. The number of halogens is 2. The van der Waals surface area contributed by atoms with E-state index >= 15 is 0 Å². The molecule has 3 nitrogen and oxygen atoms in total. The van der Waals surface area contributed by atoms with Gasteiger partial charge >= 0.3 is 10.2 Å². The Morgan fingerprint density at radius 1 is 1.42 bits per heavy atom. The van der Waals surface area contributed by atoms with Crippen molar-refractivity contribution in [1.82, 2.24) is 0 Å². The molecule has 0 unspecified atom stereocenters. The quantitative estimate of drug-likeness (QED) is 0.486. The van der Waals surface area contributed by atoms with Crippen molar-refractivity contribution in [2.24, 2.45) is 0 Å². The summed E-state index contributed by atoms with van der Waals surface area (Å²) in [4.78, 5) is -0.336. The lowest BCUT2D eigenvalue weighted by Gasteiger charge is -1.99. The smallest absolute Gasteiger partial charge is 0.333 e. The van der Waals surface area contributed by atoms with Crippen molar-refractivity contribution < 1.29 is 12.3 Å². The highest BCUT2D eigenvalue weighted by molar-refractivity contribution is 14.1. The normalized spacial score (nSPS) is 11.5. The number of benzene rings is 1. The van der Waals surface area contributed by atoms with Crippen molar-refractivity contribution in [3.8, 4) is 0 Å². The standard InChI is InChI=1S/C6H5FINO2S/c7-12(10,11)6-2-1-4(9)3-5(6)8/h1-3H,9H2. The van der Waals surface area contributed by atoms with Crippen molar-refractivity contribution in [2.45, 2.75) is 4.90 Å². The summed E-state index contributed by atoms with van der Waals surface area (Å²) in [5.74, 6) is 0. The molecule has 0 fully saturated rings. The van der Waals surface area contributed by atoms with Crippen molar-refractivity contribution in [1.29, 1.82) is 0 Å². The van der Waals surface area contributed by atoms with Gasteiger partial charge in [-0.3, -0.25) is 0 Å². The molecule has 0 amide bonds. The maximum absolute atomic E-state index is 12.4. The third-order valence-electron chi connectivity index (χ3n) is 1.22. The lowest BCUT2D eigenvalue weighted by molar-refractivity contribution is 0.551. The first kappa shape index (κ1) is 9.72. The summed E-state index contributed by atoms with van der Waals surface area (Å²) in [7, 11) is -4.61. The van der Waals surface area contributed by atoms with Crippen LogP contribution in [0.25, 0.3) is 0 Å². The van der Waals surface area contributed by atoms with E-state index in [1.54, 1.807) is 22.6 Å². The van der Waals surface area contributed by atoms with Gasteiger partial charge in [-0.25, -0.2) is 0 Å². The minimum absolute atomic E-state index is 0.287. The summed E-state index contributed by atoms with van der Waals surface area (Å²) >= 11 is 1.71. The van der Waals surface area contributed by atoms with Gasteiger partial charge in [0.2, 0.25) is 0 Å². The predicted octanol–water partition coefficient (Wildman–Crippen LogP) is 1.53. The number of rotatable bonds is 1. The molecule has 0 atom stereocenters. The van der Waals surface area contributed by atoms with Crippen LogP contribution in [0.2, 0.25) is 0 Å². The van der Waals surface area contributed by atoms with Gasteiger partial charge in [-0.1, -0.05) is 0 Å². The van der Waals surface area contributed by atoms with E-state index in [2.05, 4.69) is 0 Å². The molecule has 0 aliphatic carbocycles. The van der Waals surface area contributed by atoms with Gasteiger partial charge in [-0.15, -0.1) is 3.89 Å². The van der Waals surface area contributed by atoms with E-state index < -0.39 is 10.2 Å². The Kier molecular flexibility index (Phi) is 2.57. The highest BCUT2D eigenvalue weighted by atomic mass is 127. The van der Waals surface area contributed by atoms with Crippen LogP contribution in [0.3, 0.4) is 0 Å². The highest BCUT2D eigenvalue weighted by Gasteiger charge is 2.15. The van der Waals surface area contributed by atoms with Crippen LogP contribution in [0.1, 0.15) is 0 Å². The lowest BCUT2D eigenvalue weighted by Crippen LogP contribution is -1.96. The van der Waals surface area contributed by atoms with Crippen LogP contribution in [0.5, 0.6) is 0 Å². The van der Waals surface area contributed by atoms with Gasteiger partial charge in [0.05, 0.1) is 0 Å². The molecule has 12 heavy (non-hydrogen) atoms. The van der Waals surface area contributed by atoms with Gasteiger partial charge in [-0.05, 0) is 40.8 Å². The molecular formula is C6H5FINO2S. The van der Waals surface area contributed by atoms with Crippen LogP contribution >= 0.6 is 22.6 Å². The first-order valence-corrected chi connectivity index (χ1v) is 5.37. The maximum Gasteiger partial charge on any atom is 0.333 e. The Morgan fingerprint density at radius 2 is 2.00 bits per heavy atom. The van der Waals surface area contributed by atoms with Crippen LogP contribution in [-0.4, -0.2) is 8.42 Å². The number of nitrogen functional groups attached to an aromatic ring is 1. The van der Waals surface area contributed by atoms with Crippen molar-refractivity contribution in [3.63, 3.8) is 0 Å². The van der Waals surface area contributed by atoms with Crippen LogP contribution in [0, 0.1) is 3.57 Å². The first-order chi connectivity index (χ1) is 5.41. The number of anilines is 1. The van der Waals surface area contributed by atoms with Crippen molar-refractivity contribution in [3.05, 3.63) is 21.8 Å². The summed E-state index contributed by atoms with van der Waals surface area (Å²) in [5.41, 5.74) is 5.76. The fourth-order valence-electron chi connectivity index (χ4n) is 0.715. The van der Waals surface area contributed by atoms with E-state index in [0.29, 0.717) is 5.69 Å². The predicted molar refractivity (Wildman–Crippen MR) is 51.9 cm³/mol. The van der Waals surface area contributed by atoms with Crippen molar-refractivity contribution >= 4 is 38.5 Å². The summed E-state index contributed by atoms with van der Waals surface area (Å²) in [5, 5.41) is 0. The second-order valence-electron chi connectivity index (χ2n) is 2.13. The monoisotopic (exact) mass is 301 g/mol. The van der Waals surface area contributed by atoms with Crippen LogP contribution in [0.4, 0.5) is 9.57 Å². The molecule has 0 heterocycles. The van der Waals surface area contributed by atoms with E-state index in [9.17, 15) is 12.3 Å². The summed E-state index contributed by atoms with van der Waals surface area (Å²) < 4.78 is 33.6. The van der Waals surface area contributed by atoms with E-state index in [1.165, 1.54) is 12.1 Å². The summed E-state index contributed by atoms with van der Waals surface area (Å²) in [6.45, 7) is 0. The van der Waals surface area contributed by atoms with Gasteiger partial charge in [-0.2, -0.15) is 8.42 Å². The molecule has 0 saturated carbocycles. The molecule has 0 saturated heterocycles. The zero-order valence-electron chi connectivity index (χ0n) is 5.79. The second kappa shape index (κ2) is 3.17. The van der Waals surface area contributed by atoms with Gasteiger partial charge in [0, 0.05) is 9.26 Å². The first-order valence-electron chi connectivity index (χ1n) is 2.91. The Balaban J connectivity index is 3.39. The minimum Gasteiger partial charge on any atom is -0.399 e. The van der Waals surface area contributed by atoms with E-state index in [1.807, 2.05) is 0 Å². The molecule has 0 aliphatic rings. The molecule has 0 bridgehead atoms. The summed E-state index contributed by atoms with van der Waals surface area (Å²) in [6.07, 6.45) is 0. The Labute approximate surface area is 83.1 Å². The average molecular weight is 301 g/mol. The average Bonchev–Trinajstić information content (AvgIpc) is 1.83. The maximum atomic E-state index is 12.4. The zero-order valence-corrected chi connectivity index (χ0v) is 8.76. The molecule has 0 aromatic heterocycles. The third kappa shape index (κ3) is 2.07. The molecule has 0 spiro atoms. The van der Waals surface area contributed by atoms with Gasteiger partial charge in [0.25, 0.3) is 0 Å². The van der Waals surface area contributed by atoms with Gasteiger partial charge in [0.15, 0.2) is 0 Å². The third-order valence-corrected chi connectivity index (χ3v) is 3.36. The van der Waals surface area contributed by atoms with Gasteiger partial charge < -0.3 is 5.73 Å². The lowest BCUT2D eigenvalue weighted by atomic mass is 10.3. The molecule has 0 radical (unpaired) electrons.